The van der Waals surface area contributed by atoms with E-state index in [0.717, 1.165) is 0 Å². The summed E-state index contributed by atoms with van der Waals surface area (Å²) in [7, 11) is -3.54. The highest BCUT2D eigenvalue weighted by molar-refractivity contribution is 7.89. The van der Waals surface area contributed by atoms with E-state index in [9.17, 15) is 8.42 Å². The summed E-state index contributed by atoms with van der Waals surface area (Å²) in [4.78, 5) is 0.203. The van der Waals surface area contributed by atoms with Crippen LogP contribution in [0.25, 0.3) is 0 Å². The van der Waals surface area contributed by atoms with Crippen molar-refractivity contribution < 1.29 is 13.5 Å². The lowest BCUT2D eigenvalue weighted by Gasteiger charge is -2.19. The number of nitrogens with zero attached hydrogens (tertiary/aromatic N) is 1. The van der Waals surface area contributed by atoms with E-state index in [2.05, 4.69) is 0 Å². The van der Waals surface area contributed by atoms with Crippen molar-refractivity contribution >= 4 is 21.6 Å². The lowest BCUT2D eigenvalue weighted by Crippen LogP contribution is -2.33. The molecule has 0 atom stereocenters. The van der Waals surface area contributed by atoms with E-state index < -0.39 is 10.0 Å². The number of hydrogen-bond donors (Lipinski definition) is 1. The molecule has 1 aromatic rings. The van der Waals surface area contributed by atoms with Gasteiger partial charge in [-0.2, -0.15) is 4.31 Å². The van der Waals surface area contributed by atoms with E-state index in [0.29, 0.717) is 17.1 Å². The van der Waals surface area contributed by atoms with Crippen molar-refractivity contribution in [3.05, 3.63) is 28.8 Å². The molecule has 0 aliphatic rings. The second-order valence-corrected chi connectivity index (χ2v) is 5.98. The van der Waals surface area contributed by atoms with Crippen LogP contribution >= 0.6 is 11.6 Å². The first-order chi connectivity index (χ1) is 7.93. The zero-order valence-electron chi connectivity index (χ0n) is 9.85. The maximum absolute atomic E-state index is 12.2. The standard InChI is InChI=1S/C11H16ClNO3S/c1-3-13(6-7-14)17(15,16)10-4-5-11(12)9(2)8-10/h4-5,8,14H,3,6-7H2,1-2H3. The van der Waals surface area contributed by atoms with Gasteiger partial charge in [0, 0.05) is 18.1 Å². The number of halogens is 1. The first-order valence-electron chi connectivity index (χ1n) is 5.30. The number of aliphatic hydroxyl groups excluding tert-OH is 1. The number of aryl methyl sites for hydroxylation is 1. The number of likely N-dealkylation sites (N-methyl/N-ethyl adjacent to an activating group) is 1. The fourth-order valence-electron chi connectivity index (χ4n) is 1.49. The monoisotopic (exact) mass is 277 g/mol. The van der Waals surface area contributed by atoms with E-state index in [1.807, 2.05) is 0 Å². The zero-order valence-corrected chi connectivity index (χ0v) is 11.4. The van der Waals surface area contributed by atoms with Gasteiger partial charge in [0.2, 0.25) is 10.0 Å². The molecular formula is C11H16ClNO3S. The Kier molecular flexibility index (Phi) is 4.94. The van der Waals surface area contributed by atoms with E-state index >= 15 is 0 Å². The second-order valence-electron chi connectivity index (χ2n) is 3.63. The van der Waals surface area contributed by atoms with Crippen LogP contribution in [0.2, 0.25) is 5.02 Å². The van der Waals surface area contributed by atoms with Gasteiger partial charge in [-0.1, -0.05) is 18.5 Å². The molecule has 17 heavy (non-hydrogen) atoms. The normalized spacial score (nSPS) is 12.1. The predicted octanol–water partition coefficient (Wildman–Crippen LogP) is 1.65. The first kappa shape index (κ1) is 14.4. The Labute approximate surface area is 107 Å². The number of aliphatic hydroxyl groups is 1. The van der Waals surface area contributed by atoms with Crippen LogP contribution in [0.5, 0.6) is 0 Å². The van der Waals surface area contributed by atoms with E-state index in [1.54, 1.807) is 19.9 Å². The molecule has 6 heteroatoms. The molecule has 0 spiro atoms. The molecule has 1 N–H and O–H groups in total. The Morgan fingerprint density at radius 2 is 2.06 bits per heavy atom. The molecule has 96 valence electrons. The summed E-state index contributed by atoms with van der Waals surface area (Å²) in [6, 6.07) is 4.58. The maximum atomic E-state index is 12.2. The fourth-order valence-corrected chi connectivity index (χ4v) is 3.13. The number of hydrogen-bond acceptors (Lipinski definition) is 3. The van der Waals surface area contributed by atoms with Crippen LogP contribution in [-0.4, -0.2) is 37.5 Å². The van der Waals surface area contributed by atoms with Gasteiger partial charge in [-0.25, -0.2) is 8.42 Å². The molecule has 0 fully saturated rings. The molecular weight excluding hydrogens is 262 g/mol. The third kappa shape index (κ3) is 3.19. The van der Waals surface area contributed by atoms with Crippen molar-refractivity contribution in [2.24, 2.45) is 0 Å². The summed E-state index contributed by atoms with van der Waals surface area (Å²) in [6.07, 6.45) is 0. The highest BCUT2D eigenvalue weighted by atomic mass is 35.5. The largest absolute Gasteiger partial charge is 0.395 e. The quantitative estimate of drug-likeness (QED) is 0.890. The average molecular weight is 278 g/mol. The highest BCUT2D eigenvalue weighted by Gasteiger charge is 2.22. The van der Waals surface area contributed by atoms with Gasteiger partial charge < -0.3 is 5.11 Å². The number of sulfonamides is 1. The van der Waals surface area contributed by atoms with Crippen LogP contribution < -0.4 is 0 Å². The second kappa shape index (κ2) is 5.82. The highest BCUT2D eigenvalue weighted by Crippen LogP contribution is 2.21. The Hall–Kier alpha value is -0.620. The number of rotatable bonds is 5. The van der Waals surface area contributed by atoms with Gasteiger partial charge in [-0.3, -0.25) is 0 Å². The van der Waals surface area contributed by atoms with Crippen LogP contribution in [0.1, 0.15) is 12.5 Å². The molecule has 1 rings (SSSR count). The molecule has 0 bridgehead atoms. The van der Waals surface area contributed by atoms with Gasteiger partial charge in [0.05, 0.1) is 11.5 Å². The molecule has 0 saturated carbocycles. The molecule has 1 aromatic carbocycles. The van der Waals surface area contributed by atoms with Crippen LogP contribution in [0.15, 0.2) is 23.1 Å². The molecule has 0 unspecified atom stereocenters. The molecule has 0 radical (unpaired) electrons. The van der Waals surface area contributed by atoms with Gasteiger partial charge >= 0.3 is 0 Å². The minimum atomic E-state index is -3.54. The molecule has 0 aliphatic heterocycles. The Morgan fingerprint density at radius 1 is 1.41 bits per heavy atom. The van der Waals surface area contributed by atoms with Crippen molar-refractivity contribution in [3.63, 3.8) is 0 Å². The predicted molar refractivity (Wildman–Crippen MR) is 67.7 cm³/mol. The Balaban J connectivity index is 3.15. The zero-order chi connectivity index (χ0) is 13.1. The van der Waals surface area contributed by atoms with Gasteiger partial charge in [0.25, 0.3) is 0 Å². The Bertz CT molecular complexity index is 487. The van der Waals surface area contributed by atoms with Crippen molar-refractivity contribution in [3.8, 4) is 0 Å². The molecule has 4 nitrogen and oxygen atoms in total. The van der Waals surface area contributed by atoms with Gasteiger partial charge in [-0.15, -0.1) is 0 Å². The smallest absolute Gasteiger partial charge is 0.243 e. The Morgan fingerprint density at radius 3 is 2.53 bits per heavy atom. The summed E-state index contributed by atoms with van der Waals surface area (Å²) in [5, 5.41) is 9.39. The lowest BCUT2D eigenvalue weighted by atomic mass is 10.2. The maximum Gasteiger partial charge on any atom is 0.243 e. The molecule has 0 heterocycles. The summed E-state index contributed by atoms with van der Waals surface area (Å²) in [5.41, 5.74) is 0.716. The SMILES string of the molecule is CCN(CCO)S(=O)(=O)c1ccc(Cl)c(C)c1. The van der Waals surface area contributed by atoms with E-state index in [4.69, 9.17) is 16.7 Å². The molecule has 0 saturated heterocycles. The fraction of sp³-hybridized carbons (Fsp3) is 0.455. The van der Waals surface area contributed by atoms with Crippen LogP contribution in [0.3, 0.4) is 0 Å². The van der Waals surface area contributed by atoms with Gasteiger partial charge in [0.15, 0.2) is 0 Å². The van der Waals surface area contributed by atoms with Crippen molar-refractivity contribution in [1.29, 1.82) is 0 Å². The third-order valence-electron chi connectivity index (χ3n) is 2.47. The van der Waals surface area contributed by atoms with Crippen molar-refractivity contribution in [1.82, 2.24) is 4.31 Å². The first-order valence-corrected chi connectivity index (χ1v) is 7.12. The van der Waals surface area contributed by atoms with Gasteiger partial charge in [-0.05, 0) is 30.7 Å². The summed E-state index contributed by atoms with van der Waals surface area (Å²) < 4.78 is 25.6. The minimum Gasteiger partial charge on any atom is -0.395 e. The minimum absolute atomic E-state index is 0.0977. The summed E-state index contributed by atoms with van der Waals surface area (Å²) in [5.74, 6) is 0. The topological polar surface area (TPSA) is 57.6 Å². The summed E-state index contributed by atoms with van der Waals surface area (Å²) in [6.45, 7) is 3.71. The third-order valence-corrected chi connectivity index (χ3v) is 4.86. The van der Waals surface area contributed by atoms with Crippen LogP contribution in [0, 0.1) is 6.92 Å². The summed E-state index contributed by atoms with van der Waals surface area (Å²) >= 11 is 5.86. The molecule has 0 aliphatic carbocycles. The van der Waals surface area contributed by atoms with Gasteiger partial charge in [0.1, 0.15) is 0 Å². The molecule has 0 aromatic heterocycles. The number of benzene rings is 1. The van der Waals surface area contributed by atoms with Crippen molar-refractivity contribution in [2.75, 3.05) is 19.7 Å². The average Bonchev–Trinajstić information content (AvgIpc) is 2.29. The van der Waals surface area contributed by atoms with Crippen LogP contribution in [-0.2, 0) is 10.0 Å². The molecule has 0 amide bonds. The van der Waals surface area contributed by atoms with E-state index in [-0.39, 0.29) is 18.0 Å². The van der Waals surface area contributed by atoms with Crippen molar-refractivity contribution in [2.45, 2.75) is 18.7 Å². The van der Waals surface area contributed by atoms with Crippen LogP contribution in [0.4, 0.5) is 0 Å². The van der Waals surface area contributed by atoms with E-state index in [1.165, 1.54) is 16.4 Å². The lowest BCUT2D eigenvalue weighted by molar-refractivity contribution is 0.257.